The summed E-state index contributed by atoms with van der Waals surface area (Å²) in [5.41, 5.74) is 2.71. The molecule has 22 heavy (non-hydrogen) atoms. The molecule has 0 spiro atoms. The molecule has 0 N–H and O–H groups in total. The van der Waals surface area contributed by atoms with Crippen LogP contribution in [0, 0.1) is 12.8 Å². The molecule has 1 aromatic rings. The quantitative estimate of drug-likeness (QED) is 0.856. The fourth-order valence-electron chi connectivity index (χ4n) is 3.85. The van der Waals surface area contributed by atoms with Gasteiger partial charge in [0.25, 0.3) is 0 Å². The van der Waals surface area contributed by atoms with Crippen LogP contribution in [0.25, 0.3) is 0 Å². The van der Waals surface area contributed by atoms with Gasteiger partial charge < -0.3 is 4.90 Å². The number of aryl methyl sites for hydroxylation is 1. The van der Waals surface area contributed by atoms with Crippen LogP contribution in [0.4, 0.5) is 0 Å². The van der Waals surface area contributed by atoms with Crippen LogP contribution in [0.3, 0.4) is 0 Å². The first-order valence-electron chi connectivity index (χ1n) is 8.79. The maximum absolute atomic E-state index is 12.6. The van der Waals surface area contributed by atoms with Crippen molar-refractivity contribution >= 4 is 5.91 Å². The highest BCUT2D eigenvalue weighted by molar-refractivity contribution is 5.79. The van der Waals surface area contributed by atoms with E-state index in [1.54, 1.807) is 0 Å². The van der Waals surface area contributed by atoms with E-state index in [-0.39, 0.29) is 0 Å². The molecule has 1 heterocycles. The van der Waals surface area contributed by atoms with E-state index < -0.39 is 0 Å². The minimum absolute atomic E-state index is 0.323. The molecule has 0 atom stereocenters. The molecule has 2 fully saturated rings. The van der Waals surface area contributed by atoms with E-state index >= 15 is 0 Å². The van der Waals surface area contributed by atoms with Gasteiger partial charge in [0.1, 0.15) is 0 Å². The summed E-state index contributed by atoms with van der Waals surface area (Å²) in [4.78, 5) is 17.2. The molecular formula is C19H28N2O. The lowest BCUT2D eigenvalue weighted by Crippen LogP contribution is -2.38. The summed E-state index contributed by atoms with van der Waals surface area (Å²) in [5, 5.41) is 0. The second-order valence-corrected chi connectivity index (χ2v) is 6.93. The molecule has 3 nitrogen and oxygen atoms in total. The molecule has 1 saturated heterocycles. The Morgan fingerprint density at radius 1 is 1.09 bits per heavy atom. The Bertz CT molecular complexity index is 508. The Kier molecular flexibility index (Phi) is 5.14. The number of hydrogen-bond donors (Lipinski definition) is 0. The van der Waals surface area contributed by atoms with Crippen molar-refractivity contribution in [3.05, 3.63) is 35.4 Å². The third kappa shape index (κ3) is 3.89. The van der Waals surface area contributed by atoms with E-state index in [1.807, 2.05) is 0 Å². The number of hydrogen-bond acceptors (Lipinski definition) is 2. The van der Waals surface area contributed by atoms with Gasteiger partial charge in [0, 0.05) is 38.6 Å². The largest absolute Gasteiger partial charge is 0.341 e. The third-order valence-corrected chi connectivity index (χ3v) is 5.09. The summed E-state index contributed by atoms with van der Waals surface area (Å²) >= 11 is 0. The maximum Gasteiger partial charge on any atom is 0.225 e. The van der Waals surface area contributed by atoms with Crippen molar-refractivity contribution in [2.45, 2.75) is 45.6 Å². The van der Waals surface area contributed by atoms with Crippen molar-refractivity contribution in [2.24, 2.45) is 5.92 Å². The molecule has 1 amide bonds. The van der Waals surface area contributed by atoms with Gasteiger partial charge >= 0.3 is 0 Å². The summed E-state index contributed by atoms with van der Waals surface area (Å²) in [6.45, 7) is 7.11. The fraction of sp³-hybridized carbons (Fsp3) is 0.632. The molecule has 1 aliphatic carbocycles. The van der Waals surface area contributed by atoms with Crippen LogP contribution in [0.1, 0.15) is 43.2 Å². The molecule has 3 heteroatoms. The van der Waals surface area contributed by atoms with Crippen LogP contribution >= 0.6 is 0 Å². The Morgan fingerprint density at radius 3 is 2.68 bits per heavy atom. The van der Waals surface area contributed by atoms with E-state index in [0.29, 0.717) is 11.8 Å². The van der Waals surface area contributed by atoms with Gasteiger partial charge in [-0.3, -0.25) is 9.69 Å². The monoisotopic (exact) mass is 300 g/mol. The molecule has 0 aromatic heterocycles. The van der Waals surface area contributed by atoms with Gasteiger partial charge in [-0.1, -0.05) is 42.7 Å². The van der Waals surface area contributed by atoms with E-state index in [4.69, 9.17) is 0 Å². The van der Waals surface area contributed by atoms with Crippen molar-refractivity contribution in [1.29, 1.82) is 0 Å². The minimum atomic E-state index is 0.323. The Morgan fingerprint density at radius 2 is 1.91 bits per heavy atom. The summed E-state index contributed by atoms with van der Waals surface area (Å²) in [6, 6.07) is 8.76. The standard InChI is InChI=1S/C19H28N2O/c1-16-6-4-7-17(14-16)15-20-10-5-11-21(13-12-20)19(22)18-8-2-3-9-18/h4,6-7,14,18H,2-3,5,8-13,15H2,1H3. The van der Waals surface area contributed by atoms with E-state index in [9.17, 15) is 4.79 Å². The van der Waals surface area contributed by atoms with Gasteiger partial charge in [-0.25, -0.2) is 0 Å². The zero-order chi connectivity index (χ0) is 15.4. The molecule has 3 rings (SSSR count). The van der Waals surface area contributed by atoms with Gasteiger partial charge in [0.05, 0.1) is 0 Å². The summed E-state index contributed by atoms with van der Waals surface area (Å²) < 4.78 is 0. The smallest absolute Gasteiger partial charge is 0.225 e. The predicted octanol–water partition coefficient (Wildman–Crippen LogP) is 3.22. The molecule has 1 aromatic carbocycles. The molecule has 2 aliphatic rings. The number of carbonyl (C=O) groups excluding carboxylic acids is 1. The van der Waals surface area contributed by atoms with Crippen LogP contribution in [-0.2, 0) is 11.3 Å². The second-order valence-electron chi connectivity index (χ2n) is 6.93. The summed E-state index contributed by atoms with van der Waals surface area (Å²) in [7, 11) is 0. The average Bonchev–Trinajstić information content (AvgIpc) is 2.94. The number of carbonyl (C=O) groups is 1. The number of nitrogens with zero attached hydrogens (tertiary/aromatic N) is 2. The normalized spacial score (nSPS) is 21.0. The minimum Gasteiger partial charge on any atom is -0.341 e. The topological polar surface area (TPSA) is 23.6 Å². The molecule has 1 saturated carbocycles. The lowest BCUT2D eigenvalue weighted by atomic mass is 10.1. The van der Waals surface area contributed by atoms with E-state index in [0.717, 1.165) is 52.0 Å². The van der Waals surface area contributed by atoms with Crippen molar-refractivity contribution in [3.63, 3.8) is 0 Å². The van der Waals surface area contributed by atoms with Crippen molar-refractivity contribution in [3.8, 4) is 0 Å². The highest BCUT2D eigenvalue weighted by Crippen LogP contribution is 2.27. The summed E-state index contributed by atoms with van der Waals surface area (Å²) in [5.74, 6) is 0.748. The molecule has 0 unspecified atom stereocenters. The number of benzene rings is 1. The zero-order valence-electron chi connectivity index (χ0n) is 13.8. The first-order chi connectivity index (χ1) is 10.7. The van der Waals surface area contributed by atoms with Gasteiger partial charge in [-0.05, 0) is 31.7 Å². The van der Waals surface area contributed by atoms with E-state index in [2.05, 4.69) is 41.0 Å². The molecular weight excluding hydrogens is 272 g/mol. The van der Waals surface area contributed by atoms with Gasteiger partial charge in [0.2, 0.25) is 5.91 Å². The Hall–Kier alpha value is -1.35. The SMILES string of the molecule is Cc1cccc(CN2CCCN(C(=O)C3CCCC3)CC2)c1. The first kappa shape index (κ1) is 15.5. The van der Waals surface area contributed by atoms with Gasteiger partial charge in [0.15, 0.2) is 0 Å². The average molecular weight is 300 g/mol. The lowest BCUT2D eigenvalue weighted by Gasteiger charge is -2.24. The van der Waals surface area contributed by atoms with Gasteiger partial charge in [-0.2, -0.15) is 0 Å². The van der Waals surface area contributed by atoms with Crippen LogP contribution in [0.2, 0.25) is 0 Å². The Labute approximate surface area is 134 Å². The molecule has 1 aliphatic heterocycles. The van der Waals surface area contributed by atoms with E-state index in [1.165, 1.54) is 24.0 Å². The Balaban J connectivity index is 1.54. The van der Waals surface area contributed by atoms with Crippen LogP contribution in [-0.4, -0.2) is 41.9 Å². The number of rotatable bonds is 3. The van der Waals surface area contributed by atoms with Crippen LogP contribution in [0.5, 0.6) is 0 Å². The van der Waals surface area contributed by atoms with Crippen molar-refractivity contribution in [1.82, 2.24) is 9.80 Å². The predicted molar refractivity (Wildman–Crippen MR) is 89.6 cm³/mol. The van der Waals surface area contributed by atoms with Crippen molar-refractivity contribution in [2.75, 3.05) is 26.2 Å². The second kappa shape index (κ2) is 7.28. The molecule has 0 bridgehead atoms. The highest BCUT2D eigenvalue weighted by Gasteiger charge is 2.28. The van der Waals surface area contributed by atoms with Crippen LogP contribution in [0.15, 0.2) is 24.3 Å². The lowest BCUT2D eigenvalue weighted by molar-refractivity contribution is -0.135. The van der Waals surface area contributed by atoms with Crippen LogP contribution < -0.4 is 0 Å². The highest BCUT2D eigenvalue weighted by atomic mass is 16.2. The third-order valence-electron chi connectivity index (χ3n) is 5.09. The summed E-state index contributed by atoms with van der Waals surface area (Å²) in [6.07, 6.45) is 5.81. The number of amides is 1. The van der Waals surface area contributed by atoms with Crippen molar-refractivity contribution < 1.29 is 4.79 Å². The first-order valence-corrected chi connectivity index (χ1v) is 8.79. The van der Waals surface area contributed by atoms with Gasteiger partial charge in [-0.15, -0.1) is 0 Å². The molecule has 120 valence electrons. The maximum atomic E-state index is 12.6. The zero-order valence-corrected chi connectivity index (χ0v) is 13.8. The molecule has 0 radical (unpaired) electrons. The fourth-order valence-corrected chi connectivity index (χ4v) is 3.85.